The number of hydrogen-bond acceptors (Lipinski definition) is 5. The van der Waals surface area contributed by atoms with Gasteiger partial charge in [0.25, 0.3) is 0 Å². The van der Waals surface area contributed by atoms with E-state index < -0.39 is 0 Å². The Morgan fingerprint density at radius 2 is 2.04 bits per heavy atom. The molecule has 0 radical (unpaired) electrons. The second-order valence-corrected chi connectivity index (χ2v) is 6.82. The number of thiazole rings is 1. The van der Waals surface area contributed by atoms with Crippen LogP contribution >= 0.6 is 11.3 Å². The third kappa shape index (κ3) is 6.07. The topological polar surface area (TPSA) is 76.1 Å². The Morgan fingerprint density at radius 3 is 2.74 bits per heavy atom. The average Bonchev–Trinajstić information content (AvgIpc) is 3.16. The van der Waals surface area contributed by atoms with Gasteiger partial charge in [-0.1, -0.05) is 37.3 Å². The van der Waals surface area contributed by atoms with Crippen LogP contribution in [0.3, 0.4) is 0 Å². The molecule has 0 unspecified atom stereocenters. The summed E-state index contributed by atoms with van der Waals surface area (Å²) < 4.78 is 5.63. The lowest BCUT2D eigenvalue weighted by Crippen LogP contribution is -2.30. The fraction of sp³-hybridized carbons (Fsp3) is 0.250. The molecule has 0 fully saturated rings. The third-order valence-corrected chi connectivity index (χ3v) is 4.83. The Kier molecular flexibility index (Phi) is 6.76. The molecule has 2 aromatic heterocycles. The van der Waals surface area contributed by atoms with Gasteiger partial charge in [-0.25, -0.2) is 14.8 Å². The molecule has 6 nitrogen and oxygen atoms in total. The van der Waals surface area contributed by atoms with E-state index in [-0.39, 0.29) is 6.03 Å². The first-order chi connectivity index (χ1) is 13.2. The molecule has 3 aromatic rings. The van der Waals surface area contributed by atoms with Gasteiger partial charge in [0.15, 0.2) is 0 Å². The molecule has 7 heteroatoms. The van der Waals surface area contributed by atoms with E-state index in [1.807, 2.05) is 35.7 Å². The predicted molar refractivity (Wildman–Crippen MR) is 107 cm³/mol. The second kappa shape index (κ2) is 9.68. The van der Waals surface area contributed by atoms with Crippen LogP contribution in [0.4, 0.5) is 10.5 Å². The maximum Gasteiger partial charge on any atom is 0.319 e. The molecule has 0 aliphatic rings. The van der Waals surface area contributed by atoms with Gasteiger partial charge in [-0.3, -0.25) is 0 Å². The zero-order chi connectivity index (χ0) is 18.9. The first-order valence-corrected chi connectivity index (χ1v) is 9.72. The number of aryl methyl sites for hydroxylation is 1. The number of nitrogens with zero attached hydrogens (tertiary/aromatic N) is 2. The lowest BCUT2D eigenvalue weighted by atomic mass is 10.2. The second-order valence-electron chi connectivity index (χ2n) is 5.88. The maximum absolute atomic E-state index is 12.0. The van der Waals surface area contributed by atoms with Crippen LogP contribution in [0, 0.1) is 0 Å². The number of benzene rings is 1. The summed E-state index contributed by atoms with van der Waals surface area (Å²) in [6.07, 6.45) is 3.24. The highest BCUT2D eigenvalue weighted by atomic mass is 32.1. The average molecular weight is 382 g/mol. The monoisotopic (exact) mass is 382 g/mol. The van der Waals surface area contributed by atoms with Crippen molar-refractivity contribution < 1.29 is 9.53 Å². The number of aromatic nitrogens is 2. The molecule has 0 spiro atoms. The van der Waals surface area contributed by atoms with Crippen molar-refractivity contribution in [1.82, 2.24) is 15.3 Å². The van der Waals surface area contributed by atoms with Crippen molar-refractivity contribution in [3.8, 4) is 5.88 Å². The number of amides is 2. The predicted octanol–water partition coefficient (Wildman–Crippen LogP) is 4.04. The highest BCUT2D eigenvalue weighted by Crippen LogP contribution is 2.13. The van der Waals surface area contributed by atoms with Gasteiger partial charge in [-0.2, -0.15) is 0 Å². The number of carbonyl (C=O) groups excluding carboxylic acids is 1. The van der Waals surface area contributed by atoms with E-state index in [2.05, 4.69) is 27.5 Å². The summed E-state index contributed by atoms with van der Waals surface area (Å²) in [5.74, 6) is 0.514. The van der Waals surface area contributed by atoms with Crippen LogP contribution in [0.1, 0.15) is 23.2 Å². The SMILES string of the molecule is CCc1nc(CCNC(=O)Nc2ccc(OCc3ccccc3)nc2)cs1. The number of hydrogen-bond donors (Lipinski definition) is 2. The summed E-state index contributed by atoms with van der Waals surface area (Å²) in [7, 11) is 0. The van der Waals surface area contributed by atoms with Crippen molar-refractivity contribution in [1.29, 1.82) is 0 Å². The van der Waals surface area contributed by atoms with Crippen LogP contribution in [-0.4, -0.2) is 22.5 Å². The fourth-order valence-electron chi connectivity index (χ4n) is 2.38. The summed E-state index contributed by atoms with van der Waals surface area (Å²) in [4.78, 5) is 20.7. The molecular formula is C20H22N4O2S. The Balaban J connectivity index is 1.40. The summed E-state index contributed by atoms with van der Waals surface area (Å²) in [6.45, 7) is 3.07. The van der Waals surface area contributed by atoms with E-state index in [0.717, 1.165) is 22.7 Å². The highest BCUT2D eigenvalue weighted by Gasteiger charge is 2.05. The molecule has 27 heavy (non-hydrogen) atoms. The summed E-state index contributed by atoms with van der Waals surface area (Å²) >= 11 is 1.66. The van der Waals surface area contributed by atoms with E-state index >= 15 is 0 Å². The number of pyridine rings is 1. The van der Waals surface area contributed by atoms with Gasteiger partial charge < -0.3 is 15.4 Å². The normalized spacial score (nSPS) is 10.4. The van der Waals surface area contributed by atoms with Crippen molar-refractivity contribution in [2.24, 2.45) is 0 Å². The van der Waals surface area contributed by atoms with Crippen molar-refractivity contribution >= 4 is 23.1 Å². The Hall–Kier alpha value is -2.93. The molecule has 2 heterocycles. The third-order valence-electron chi connectivity index (χ3n) is 3.79. The van der Waals surface area contributed by atoms with Gasteiger partial charge in [0.05, 0.1) is 22.6 Å². The molecule has 1 aromatic carbocycles. The van der Waals surface area contributed by atoms with Gasteiger partial charge in [-0.15, -0.1) is 11.3 Å². The van der Waals surface area contributed by atoms with E-state index in [9.17, 15) is 4.79 Å². The summed E-state index contributed by atoms with van der Waals surface area (Å²) in [5, 5.41) is 8.74. The van der Waals surface area contributed by atoms with Gasteiger partial charge in [0.2, 0.25) is 5.88 Å². The Morgan fingerprint density at radius 1 is 1.19 bits per heavy atom. The van der Waals surface area contributed by atoms with Gasteiger partial charge in [0.1, 0.15) is 6.61 Å². The Labute approximate surface area is 162 Å². The van der Waals surface area contributed by atoms with E-state index in [0.29, 0.717) is 31.1 Å². The van der Waals surface area contributed by atoms with Gasteiger partial charge in [0, 0.05) is 24.4 Å². The molecule has 140 valence electrons. The molecule has 0 aliphatic carbocycles. The number of ether oxygens (including phenoxy) is 1. The lowest BCUT2D eigenvalue weighted by Gasteiger charge is -2.08. The van der Waals surface area contributed by atoms with E-state index in [4.69, 9.17) is 4.74 Å². The zero-order valence-corrected chi connectivity index (χ0v) is 16.0. The number of urea groups is 1. The summed E-state index contributed by atoms with van der Waals surface area (Å²) in [5.41, 5.74) is 2.70. The van der Waals surface area contributed by atoms with Crippen LogP contribution in [0.5, 0.6) is 5.88 Å². The van der Waals surface area contributed by atoms with Crippen LogP contribution in [0.15, 0.2) is 54.0 Å². The largest absolute Gasteiger partial charge is 0.473 e. The van der Waals surface area contributed by atoms with Crippen LogP contribution in [0.2, 0.25) is 0 Å². The minimum atomic E-state index is -0.263. The number of carbonyl (C=O) groups is 1. The van der Waals surface area contributed by atoms with Crippen molar-refractivity contribution in [3.05, 3.63) is 70.3 Å². The smallest absolute Gasteiger partial charge is 0.319 e. The first kappa shape index (κ1) is 18.8. The van der Waals surface area contributed by atoms with Gasteiger partial charge >= 0.3 is 6.03 Å². The molecular weight excluding hydrogens is 360 g/mol. The van der Waals surface area contributed by atoms with Crippen molar-refractivity contribution in [2.45, 2.75) is 26.4 Å². The maximum atomic E-state index is 12.0. The molecule has 0 saturated carbocycles. The van der Waals surface area contributed by atoms with Gasteiger partial charge in [-0.05, 0) is 18.1 Å². The highest BCUT2D eigenvalue weighted by molar-refractivity contribution is 7.09. The fourth-order valence-corrected chi connectivity index (χ4v) is 3.16. The molecule has 0 bridgehead atoms. The minimum absolute atomic E-state index is 0.263. The molecule has 3 rings (SSSR count). The lowest BCUT2D eigenvalue weighted by molar-refractivity contribution is 0.252. The van der Waals surface area contributed by atoms with Crippen LogP contribution in [0.25, 0.3) is 0 Å². The van der Waals surface area contributed by atoms with E-state index in [1.54, 1.807) is 29.7 Å². The summed E-state index contributed by atoms with van der Waals surface area (Å²) in [6, 6.07) is 13.1. The molecule has 2 N–H and O–H groups in total. The Bertz CT molecular complexity index is 850. The number of nitrogens with one attached hydrogen (secondary N) is 2. The van der Waals surface area contributed by atoms with Crippen LogP contribution in [-0.2, 0) is 19.4 Å². The quantitative estimate of drug-likeness (QED) is 0.616. The number of rotatable bonds is 8. The first-order valence-electron chi connectivity index (χ1n) is 8.84. The standard InChI is InChI=1S/C20H22N4O2S/c1-2-19-23-17(14-27-19)10-11-21-20(25)24-16-8-9-18(22-12-16)26-13-15-6-4-3-5-7-15/h3-9,12,14H,2,10-11,13H2,1H3,(H2,21,24,25). The van der Waals surface area contributed by atoms with Crippen molar-refractivity contribution in [2.75, 3.05) is 11.9 Å². The van der Waals surface area contributed by atoms with E-state index in [1.165, 1.54) is 0 Å². The molecule has 0 atom stereocenters. The zero-order valence-electron chi connectivity index (χ0n) is 15.1. The molecule has 2 amide bonds. The van der Waals surface area contributed by atoms with Crippen molar-refractivity contribution in [3.63, 3.8) is 0 Å². The van der Waals surface area contributed by atoms with Crippen LogP contribution < -0.4 is 15.4 Å². The molecule has 0 aliphatic heterocycles. The minimum Gasteiger partial charge on any atom is -0.473 e. The molecule has 0 saturated heterocycles. The number of anilines is 1.